The molecule has 2 aliphatic rings. The molecule has 0 aromatic carbocycles. The lowest BCUT2D eigenvalue weighted by Gasteiger charge is -2.32. The van der Waals surface area contributed by atoms with Crippen molar-refractivity contribution in [1.29, 1.82) is 0 Å². The summed E-state index contributed by atoms with van der Waals surface area (Å²) in [5.41, 5.74) is 1.03. The van der Waals surface area contributed by atoms with Gasteiger partial charge in [-0.15, -0.1) is 0 Å². The van der Waals surface area contributed by atoms with E-state index >= 15 is 0 Å². The topological polar surface area (TPSA) is 68.0 Å². The summed E-state index contributed by atoms with van der Waals surface area (Å²) >= 11 is 5.66. The largest absolute Gasteiger partial charge is 0.353 e. The molecular formula is C19H26N6OS. The molecule has 7 nitrogen and oxygen atoms in total. The maximum Gasteiger partial charge on any atom is 0.223 e. The molecule has 1 amide bonds. The van der Waals surface area contributed by atoms with Crippen LogP contribution in [0.5, 0.6) is 0 Å². The van der Waals surface area contributed by atoms with Gasteiger partial charge >= 0.3 is 0 Å². The van der Waals surface area contributed by atoms with E-state index < -0.39 is 0 Å². The van der Waals surface area contributed by atoms with E-state index in [0.717, 1.165) is 61.5 Å². The Labute approximate surface area is 164 Å². The van der Waals surface area contributed by atoms with Crippen LogP contribution in [-0.4, -0.2) is 49.3 Å². The number of hydrogen-bond acceptors (Lipinski definition) is 5. The molecule has 0 spiro atoms. The fraction of sp³-hybridized carbons (Fsp3) is 0.579. The zero-order chi connectivity index (χ0) is 18.8. The van der Waals surface area contributed by atoms with E-state index in [1.54, 1.807) is 12.4 Å². The molecule has 27 heavy (non-hydrogen) atoms. The third kappa shape index (κ3) is 4.11. The zero-order valence-corrected chi connectivity index (χ0v) is 16.5. The van der Waals surface area contributed by atoms with Crippen LogP contribution in [0.2, 0.25) is 0 Å². The monoisotopic (exact) mass is 386 g/mol. The van der Waals surface area contributed by atoms with Gasteiger partial charge in [-0.05, 0) is 57.0 Å². The molecule has 1 saturated carbocycles. The summed E-state index contributed by atoms with van der Waals surface area (Å²) in [6.45, 7) is 5.45. The highest BCUT2D eigenvalue weighted by Crippen LogP contribution is 2.29. The fourth-order valence-electron chi connectivity index (χ4n) is 3.61. The van der Waals surface area contributed by atoms with Crippen LogP contribution in [0.25, 0.3) is 11.4 Å². The normalized spacial score (nSPS) is 18.6. The fourth-order valence-corrected chi connectivity index (χ4v) is 3.92. The van der Waals surface area contributed by atoms with Crippen LogP contribution in [-0.2, 0) is 18.0 Å². The summed E-state index contributed by atoms with van der Waals surface area (Å²) in [4.78, 5) is 18.4. The average Bonchev–Trinajstić information content (AvgIpc) is 3.50. The summed E-state index contributed by atoms with van der Waals surface area (Å²) in [6, 6.07) is 4.23. The third-order valence-corrected chi connectivity index (χ3v) is 5.82. The minimum Gasteiger partial charge on any atom is -0.353 e. The van der Waals surface area contributed by atoms with Gasteiger partial charge in [0.05, 0.1) is 6.67 Å². The molecule has 1 saturated heterocycles. The molecule has 1 aliphatic heterocycles. The number of likely N-dealkylation sites (tertiary alicyclic amines) is 1. The van der Waals surface area contributed by atoms with E-state index in [4.69, 9.17) is 17.3 Å². The number of pyridine rings is 1. The maximum atomic E-state index is 11.9. The summed E-state index contributed by atoms with van der Waals surface area (Å²) in [5.74, 6) is 1.42. The summed E-state index contributed by atoms with van der Waals surface area (Å²) in [7, 11) is 0. The Kier molecular flexibility index (Phi) is 5.36. The van der Waals surface area contributed by atoms with Crippen LogP contribution in [0.15, 0.2) is 24.5 Å². The Morgan fingerprint density at radius 1 is 1.22 bits per heavy atom. The van der Waals surface area contributed by atoms with Crippen molar-refractivity contribution in [3.8, 4) is 11.4 Å². The highest BCUT2D eigenvalue weighted by Gasteiger charge is 2.31. The molecule has 2 aromatic rings. The van der Waals surface area contributed by atoms with Crippen LogP contribution in [0.4, 0.5) is 0 Å². The molecule has 8 heteroatoms. The number of carbonyl (C=O) groups excluding carboxylic acids is 1. The first-order valence-electron chi connectivity index (χ1n) is 9.76. The zero-order valence-electron chi connectivity index (χ0n) is 15.7. The van der Waals surface area contributed by atoms with Crippen molar-refractivity contribution in [3.63, 3.8) is 0 Å². The summed E-state index contributed by atoms with van der Waals surface area (Å²) < 4.78 is 4.72. The Hall–Kier alpha value is -2.06. The predicted molar refractivity (Wildman–Crippen MR) is 105 cm³/mol. The van der Waals surface area contributed by atoms with Gasteiger partial charge in [0, 0.05) is 49.6 Å². The first kappa shape index (κ1) is 18.3. The van der Waals surface area contributed by atoms with Crippen molar-refractivity contribution < 1.29 is 4.79 Å². The number of nitrogens with one attached hydrogen (secondary N) is 1. The van der Waals surface area contributed by atoms with E-state index in [1.807, 2.05) is 16.8 Å². The van der Waals surface area contributed by atoms with Gasteiger partial charge < -0.3 is 9.88 Å². The Balaban J connectivity index is 1.41. The second-order valence-corrected chi connectivity index (χ2v) is 7.77. The average molecular weight is 387 g/mol. The number of aromatic nitrogens is 4. The van der Waals surface area contributed by atoms with Crippen molar-refractivity contribution in [1.82, 2.24) is 29.5 Å². The lowest BCUT2D eigenvalue weighted by Crippen LogP contribution is -2.45. The van der Waals surface area contributed by atoms with Gasteiger partial charge in [-0.1, -0.05) is 0 Å². The Morgan fingerprint density at radius 3 is 2.56 bits per heavy atom. The van der Waals surface area contributed by atoms with Gasteiger partial charge in [-0.2, -0.15) is 5.10 Å². The van der Waals surface area contributed by atoms with Crippen LogP contribution in [0.1, 0.15) is 32.6 Å². The first-order valence-corrected chi connectivity index (χ1v) is 10.2. The highest BCUT2D eigenvalue weighted by atomic mass is 32.1. The molecule has 0 radical (unpaired) electrons. The van der Waals surface area contributed by atoms with Gasteiger partial charge in [0.15, 0.2) is 10.6 Å². The number of carbonyl (C=O) groups is 1. The van der Waals surface area contributed by atoms with Gasteiger partial charge in [-0.25, -0.2) is 4.68 Å². The lowest BCUT2D eigenvalue weighted by molar-refractivity contribution is -0.123. The SMILES string of the molecule is CCn1c(-c2ccncc2)nn(CN2CCC(NC(=O)C3CC3)CC2)c1=S. The Bertz CT molecular complexity index is 849. The predicted octanol–water partition coefficient (Wildman–Crippen LogP) is 2.44. The summed E-state index contributed by atoms with van der Waals surface area (Å²) in [5, 5.41) is 7.98. The maximum absolute atomic E-state index is 11.9. The second kappa shape index (κ2) is 7.90. The molecule has 1 aliphatic carbocycles. The third-order valence-electron chi connectivity index (χ3n) is 5.39. The van der Waals surface area contributed by atoms with E-state index in [2.05, 4.69) is 26.7 Å². The van der Waals surface area contributed by atoms with E-state index in [1.165, 1.54) is 0 Å². The van der Waals surface area contributed by atoms with Crippen LogP contribution in [0, 0.1) is 10.7 Å². The number of piperidine rings is 1. The van der Waals surface area contributed by atoms with Crippen molar-refractivity contribution in [3.05, 3.63) is 29.3 Å². The van der Waals surface area contributed by atoms with Crippen LogP contribution < -0.4 is 5.32 Å². The number of rotatable bonds is 6. The van der Waals surface area contributed by atoms with Crippen molar-refractivity contribution in [2.24, 2.45) is 5.92 Å². The highest BCUT2D eigenvalue weighted by molar-refractivity contribution is 7.71. The van der Waals surface area contributed by atoms with Crippen LogP contribution >= 0.6 is 12.2 Å². The van der Waals surface area contributed by atoms with Crippen molar-refractivity contribution >= 4 is 18.1 Å². The van der Waals surface area contributed by atoms with Gasteiger partial charge in [-0.3, -0.25) is 14.7 Å². The van der Waals surface area contributed by atoms with Gasteiger partial charge in [0.25, 0.3) is 0 Å². The number of amides is 1. The standard InChI is InChI=1S/C19H26N6OS/c1-2-24-17(14-5-9-20-10-6-14)22-25(19(24)27)13-23-11-7-16(8-12-23)21-18(26)15-3-4-15/h5-6,9-10,15-16H,2-4,7-8,11-13H2,1H3,(H,21,26). The molecule has 0 unspecified atom stereocenters. The van der Waals surface area contributed by atoms with E-state index in [0.29, 0.717) is 12.7 Å². The number of hydrogen-bond donors (Lipinski definition) is 1. The summed E-state index contributed by atoms with van der Waals surface area (Å²) in [6.07, 6.45) is 7.64. The van der Waals surface area contributed by atoms with Gasteiger partial charge in [0.2, 0.25) is 5.91 Å². The van der Waals surface area contributed by atoms with Crippen molar-refractivity contribution in [2.75, 3.05) is 13.1 Å². The quantitative estimate of drug-likeness (QED) is 0.773. The minimum absolute atomic E-state index is 0.249. The lowest BCUT2D eigenvalue weighted by atomic mass is 10.1. The number of nitrogens with zero attached hydrogens (tertiary/aromatic N) is 5. The molecule has 4 rings (SSSR count). The molecular weight excluding hydrogens is 360 g/mol. The Morgan fingerprint density at radius 2 is 1.93 bits per heavy atom. The van der Waals surface area contributed by atoms with E-state index in [9.17, 15) is 4.79 Å². The molecule has 3 heterocycles. The minimum atomic E-state index is 0.249. The second-order valence-electron chi connectivity index (χ2n) is 7.40. The molecule has 2 fully saturated rings. The molecule has 144 valence electrons. The molecule has 0 bridgehead atoms. The smallest absolute Gasteiger partial charge is 0.223 e. The van der Waals surface area contributed by atoms with Crippen molar-refractivity contribution in [2.45, 2.75) is 51.9 Å². The van der Waals surface area contributed by atoms with E-state index in [-0.39, 0.29) is 11.8 Å². The molecule has 1 N–H and O–H groups in total. The molecule has 0 atom stereocenters. The van der Waals surface area contributed by atoms with Gasteiger partial charge in [0.1, 0.15) is 0 Å². The molecule has 2 aromatic heterocycles. The first-order chi connectivity index (χ1) is 13.2. The van der Waals surface area contributed by atoms with Crippen LogP contribution in [0.3, 0.4) is 0 Å².